The molecular formula is C23H26FN3O5S. The third-order valence-corrected chi connectivity index (χ3v) is 6.91. The molecule has 4 rings (SSSR count). The number of halogens is 1. The average Bonchev–Trinajstić information content (AvgIpc) is 3.53. The molecule has 2 heterocycles. The van der Waals surface area contributed by atoms with Crippen LogP contribution in [0.3, 0.4) is 0 Å². The number of furan rings is 1. The molecule has 0 radical (unpaired) electrons. The fourth-order valence-electron chi connectivity index (χ4n) is 3.75. The standard InChI is InChI=1S/C23H26FN3O5S/c1-13(28)4-3-11-33(30,31)27-21-17(14-5-6-14)12-18-19(22(29)25-2)20(32-23(18)26-21)15-7-9-16(24)10-8-15/h7-10,12-14,28H,3-6,11H2,1-2H3,(H,25,29)(H,26,27). The zero-order valence-corrected chi connectivity index (χ0v) is 19.2. The maximum absolute atomic E-state index is 13.4. The van der Waals surface area contributed by atoms with Crippen LogP contribution in [0.5, 0.6) is 0 Å². The number of aliphatic hydroxyl groups is 1. The van der Waals surface area contributed by atoms with E-state index in [4.69, 9.17) is 4.42 Å². The first-order valence-corrected chi connectivity index (χ1v) is 12.5. The van der Waals surface area contributed by atoms with Crippen molar-refractivity contribution >= 4 is 32.8 Å². The number of aliphatic hydroxyl groups excluding tert-OH is 1. The lowest BCUT2D eigenvalue weighted by Gasteiger charge is -2.12. The Balaban J connectivity index is 1.79. The Morgan fingerprint density at radius 2 is 2.00 bits per heavy atom. The number of nitrogens with zero attached hydrogens (tertiary/aromatic N) is 1. The van der Waals surface area contributed by atoms with E-state index in [0.29, 0.717) is 29.4 Å². The van der Waals surface area contributed by atoms with E-state index in [1.807, 2.05) is 0 Å². The Kier molecular flexibility index (Phi) is 6.40. The summed E-state index contributed by atoms with van der Waals surface area (Å²) in [6.45, 7) is 1.61. The van der Waals surface area contributed by atoms with Crippen molar-refractivity contribution < 1.29 is 27.1 Å². The van der Waals surface area contributed by atoms with Crippen LogP contribution in [0.15, 0.2) is 34.7 Å². The van der Waals surface area contributed by atoms with Gasteiger partial charge in [-0.05, 0) is 74.4 Å². The molecule has 176 valence electrons. The first-order chi connectivity index (χ1) is 15.7. The summed E-state index contributed by atoms with van der Waals surface area (Å²) in [5, 5.41) is 12.5. The Morgan fingerprint density at radius 3 is 2.61 bits per heavy atom. The molecule has 1 fully saturated rings. The maximum atomic E-state index is 13.4. The van der Waals surface area contributed by atoms with Gasteiger partial charge in [-0.3, -0.25) is 9.52 Å². The number of rotatable bonds is 9. The van der Waals surface area contributed by atoms with Crippen LogP contribution in [0.1, 0.15) is 54.4 Å². The van der Waals surface area contributed by atoms with Gasteiger partial charge in [0.15, 0.2) is 0 Å². The van der Waals surface area contributed by atoms with E-state index >= 15 is 0 Å². The molecule has 1 aliphatic carbocycles. The second-order valence-electron chi connectivity index (χ2n) is 8.36. The molecule has 1 atom stereocenters. The number of aromatic nitrogens is 1. The largest absolute Gasteiger partial charge is 0.437 e. The number of benzene rings is 1. The van der Waals surface area contributed by atoms with E-state index in [1.54, 1.807) is 13.0 Å². The topological polar surface area (TPSA) is 122 Å². The summed E-state index contributed by atoms with van der Waals surface area (Å²) in [6.07, 6.45) is 1.89. The number of fused-ring (bicyclic) bond motifs is 1. The average molecular weight is 476 g/mol. The minimum atomic E-state index is -3.69. The number of amides is 1. The van der Waals surface area contributed by atoms with Crippen molar-refractivity contribution in [2.45, 2.75) is 44.6 Å². The molecule has 33 heavy (non-hydrogen) atoms. The summed E-state index contributed by atoms with van der Waals surface area (Å²) in [7, 11) is -2.19. The Labute approximate surface area is 191 Å². The number of carbonyl (C=O) groups excluding carboxylic acids is 1. The Hall–Kier alpha value is -2.98. The SMILES string of the molecule is CNC(=O)c1c(-c2ccc(F)cc2)oc2nc(NS(=O)(=O)CCCC(C)O)c(C3CC3)cc12. The Morgan fingerprint density at radius 1 is 1.30 bits per heavy atom. The summed E-state index contributed by atoms with van der Waals surface area (Å²) in [4.78, 5) is 17.2. The molecule has 1 unspecified atom stereocenters. The van der Waals surface area contributed by atoms with Crippen molar-refractivity contribution in [3.05, 3.63) is 47.3 Å². The van der Waals surface area contributed by atoms with Gasteiger partial charge < -0.3 is 14.8 Å². The van der Waals surface area contributed by atoms with E-state index in [9.17, 15) is 22.7 Å². The van der Waals surface area contributed by atoms with Crippen LogP contribution in [-0.2, 0) is 10.0 Å². The van der Waals surface area contributed by atoms with E-state index in [2.05, 4.69) is 15.0 Å². The number of hydrogen-bond donors (Lipinski definition) is 3. The van der Waals surface area contributed by atoms with Gasteiger partial charge in [-0.15, -0.1) is 0 Å². The van der Waals surface area contributed by atoms with Gasteiger partial charge in [0, 0.05) is 12.6 Å². The lowest BCUT2D eigenvalue weighted by atomic mass is 10.0. The van der Waals surface area contributed by atoms with Gasteiger partial charge in [0.05, 0.1) is 22.8 Å². The number of anilines is 1. The molecule has 10 heteroatoms. The van der Waals surface area contributed by atoms with Gasteiger partial charge in [-0.2, -0.15) is 4.98 Å². The summed E-state index contributed by atoms with van der Waals surface area (Å²) < 4.78 is 47.2. The Bertz CT molecular complexity index is 1280. The molecule has 0 saturated heterocycles. The predicted molar refractivity (Wildman–Crippen MR) is 123 cm³/mol. The zero-order chi connectivity index (χ0) is 23.8. The molecule has 1 saturated carbocycles. The number of hydrogen-bond acceptors (Lipinski definition) is 6. The normalized spacial score (nSPS) is 14.9. The number of sulfonamides is 1. The molecule has 8 nitrogen and oxygen atoms in total. The molecule has 0 spiro atoms. The highest BCUT2D eigenvalue weighted by atomic mass is 32.2. The third kappa shape index (κ3) is 5.17. The van der Waals surface area contributed by atoms with E-state index < -0.39 is 21.9 Å². The summed E-state index contributed by atoms with van der Waals surface area (Å²) in [5.74, 6) is -0.399. The highest BCUT2D eigenvalue weighted by Gasteiger charge is 2.31. The van der Waals surface area contributed by atoms with Crippen molar-refractivity contribution in [1.29, 1.82) is 0 Å². The fourth-order valence-corrected chi connectivity index (χ4v) is 4.86. The van der Waals surface area contributed by atoms with Crippen LogP contribution < -0.4 is 10.0 Å². The first kappa shape index (κ1) is 23.2. The zero-order valence-electron chi connectivity index (χ0n) is 18.4. The summed E-state index contributed by atoms with van der Waals surface area (Å²) in [5.41, 5.74) is 1.58. The fraction of sp³-hybridized carbons (Fsp3) is 0.391. The number of carbonyl (C=O) groups is 1. The lowest BCUT2D eigenvalue weighted by molar-refractivity contribution is 0.0964. The third-order valence-electron chi connectivity index (χ3n) is 5.58. The number of nitrogens with one attached hydrogen (secondary N) is 2. The number of pyridine rings is 1. The maximum Gasteiger partial charge on any atom is 0.255 e. The van der Waals surface area contributed by atoms with Crippen molar-refractivity contribution in [2.75, 3.05) is 17.5 Å². The highest BCUT2D eigenvalue weighted by Crippen LogP contribution is 2.45. The quantitative estimate of drug-likeness (QED) is 0.433. The molecule has 0 aliphatic heterocycles. The molecule has 1 aliphatic rings. The van der Waals surface area contributed by atoms with E-state index in [0.717, 1.165) is 12.8 Å². The molecule has 1 amide bonds. The smallest absolute Gasteiger partial charge is 0.255 e. The highest BCUT2D eigenvalue weighted by molar-refractivity contribution is 7.92. The monoisotopic (exact) mass is 475 g/mol. The molecule has 2 aromatic heterocycles. The van der Waals surface area contributed by atoms with Crippen LogP contribution in [0.2, 0.25) is 0 Å². The molecule has 0 bridgehead atoms. The molecule has 3 N–H and O–H groups in total. The van der Waals surface area contributed by atoms with Crippen LogP contribution in [0, 0.1) is 5.82 Å². The van der Waals surface area contributed by atoms with Gasteiger partial charge in [-0.25, -0.2) is 12.8 Å². The minimum Gasteiger partial charge on any atom is -0.437 e. The molecule has 3 aromatic rings. The van der Waals surface area contributed by atoms with Gasteiger partial charge in [0.2, 0.25) is 15.7 Å². The summed E-state index contributed by atoms with van der Waals surface area (Å²) >= 11 is 0. The minimum absolute atomic E-state index is 0.110. The van der Waals surface area contributed by atoms with Gasteiger partial charge in [-0.1, -0.05) is 0 Å². The second-order valence-corrected chi connectivity index (χ2v) is 10.2. The van der Waals surface area contributed by atoms with Crippen LogP contribution in [-0.4, -0.2) is 43.3 Å². The summed E-state index contributed by atoms with van der Waals surface area (Å²) in [6, 6.07) is 7.31. The predicted octanol–water partition coefficient (Wildman–Crippen LogP) is 3.77. The van der Waals surface area contributed by atoms with E-state index in [-0.39, 0.29) is 40.4 Å². The van der Waals surface area contributed by atoms with E-state index in [1.165, 1.54) is 31.3 Å². The van der Waals surface area contributed by atoms with Crippen LogP contribution >= 0.6 is 0 Å². The second kappa shape index (κ2) is 9.11. The van der Waals surface area contributed by atoms with Gasteiger partial charge in [0.25, 0.3) is 5.91 Å². The van der Waals surface area contributed by atoms with Gasteiger partial charge >= 0.3 is 0 Å². The lowest BCUT2D eigenvalue weighted by Crippen LogP contribution is -2.20. The molecular weight excluding hydrogens is 449 g/mol. The van der Waals surface area contributed by atoms with Crippen LogP contribution in [0.4, 0.5) is 10.2 Å². The van der Waals surface area contributed by atoms with Crippen molar-refractivity contribution in [2.24, 2.45) is 0 Å². The van der Waals surface area contributed by atoms with Crippen molar-refractivity contribution in [1.82, 2.24) is 10.3 Å². The van der Waals surface area contributed by atoms with Crippen LogP contribution in [0.25, 0.3) is 22.4 Å². The molecule has 1 aromatic carbocycles. The first-order valence-electron chi connectivity index (χ1n) is 10.8. The van der Waals surface area contributed by atoms with Crippen molar-refractivity contribution in [3.8, 4) is 11.3 Å². The van der Waals surface area contributed by atoms with Gasteiger partial charge in [0.1, 0.15) is 17.4 Å². The van der Waals surface area contributed by atoms with Crippen molar-refractivity contribution in [3.63, 3.8) is 0 Å².